The fourth-order valence-electron chi connectivity index (χ4n) is 4.12. The standard InChI is InChI=1S/C29H20ClFN2O5/c1-37-25-14-18(12-23-27(34)32-29(36)33(28(23)35)22-8-4-7-21(31)15-22)13-24(30)26(25)38-16-17-9-10-19-5-2-3-6-20(19)11-17/h2-15H,16H2,1H3,(H,32,34,36)/b23-12+. The summed E-state index contributed by atoms with van der Waals surface area (Å²) >= 11 is 6.50. The van der Waals surface area contributed by atoms with Crippen LogP contribution in [0.15, 0.2) is 84.4 Å². The highest BCUT2D eigenvalue weighted by atomic mass is 35.5. The highest BCUT2D eigenvalue weighted by Gasteiger charge is 2.37. The normalized spacial score (nSPS) is 14.7. The van der Waals surface area contributed by atoms with E-state index in [4.69, 9.17) is 21.1 Å². The van der Waals surface area contributed by atoms with Crippen LogP contribution in [0.3, 0.4) is 0 Å². The number of hydrogen-bond acceptors (Lipinski definition) is 5. The molecule has 0 atom stereocenters. The summed E-state index contributed by atoms with van der Waals surface area (Å²) in [4.78, 5) is 38.6. The van der Waals surface area contributed by atoms with Gasteiger partial charge in [0.25, 0.3) is 11.8 Å². The smallest absolute Gasteiger partial charge is 0.335 e. The summed E-state index contributed by atoms with van der Waals surface area (Å²) < 4.78 is 25.1. The van der Waals surface area contributed by atoms with Crippen molar-refractivity contribution in [2.75, 3.05) is 12.0 Å². The average Bonchev–Trinajstić information content (AvgIpc) is 2.90. The number of carbonyl (C=O) groups excluding carboxylic acids is 3. The molecule has 0 aromatic heterocycles. The molecular weight excluding hydrogens is 511 g/mol. The summed E-state index contributed by atoms with van der Waals surface area (Å²) in [7, 11) is 1.44. The number of carbonyl (C=O) groups is 3. The number of imide groups is 2. The van der Waals surface area contributed by atoms with E-state index >= 15 is 0 Å². The SMILES string of the molecule is COc1cc(/C=C2\C(=O)NC(=O)N(c3cccc(F)c3)C2=O)cc(Cl)c1OCc1ccc2ccccc2c1. The van der Waals surface area contributed by atoms with Crippen molar-refractivity contribution in [3.63, 3.8) is 0 Å². The molecule has 0 unspecified atom stereocenters. The number of ether oxygens (including phenoxy) is 2. The lowest BCUT2D eigenvalue weighted by Gasteiger charge is -2.26. The maximum atomic E-state index is 13.7. The first-order chi connectivity index (χ1) is 18.3. The van der Waals surface area contributed by atoms with Crippen LogP contribution in [-0.4, -0.2) is 25.0 Å². The van der Waals surface area contributed by atoms with Gasteiger partial charge in [-0.1, -0.05) is 54.1 Å². The van der Waals surface area contributed by atoms with Crippen LogP contribution in [0.25, 0.3) is 16.8 Å². The third-order valence-corrected chi connectivity index (χ3v) is 6.21. The molecule has 1 N–H and O–H groups in total. The van der Waals surface area contributed by atoms with E-state index in [1.165, 1.54) is 37.5 Å². The van der Waals surface area contributed by atoms with Gasteiger partial charge in [-0.25, -0.2) is 14.1 Å². The van der Waals surface area contributed by atoms with E-state index in [0.717, 1.165) is 22.4 Å². The van der Waals surface area contributed by atoms with Crippen LogP contribution in [-0.2, 0) is 16.2 Å². The first-order valence-corrected chi connectivity index (χ1v) is 11.9. The molecule has 7 nitrogen and oxygen atoms in total. The number of nitrogens with zero attached hydrogens (tertiary/aromatic N) is 1. The zero-order valence-corrected chi connectivity index (χ0v) is 20.8. The topological polar surface area (TPSA) is 84.9 Å². The summed E-state index contributed by atoms with van der Waals surface area (Å²) in [6.45, 7) is 0.229. The molecule has 1 saturated heterocycles. The van der Waals surface area contributed by atoms with Crippen molar-refractivity contribution in [1.29, 1.82) is 0 Å². The van der Waals surface area contributed by atoms with Crippen molar-refractivity contribution in [2.24, 2.45) is 0 Å². The Morgan fingerprint density at radius 1 is 0.947 bits per heavy atom. The van der Waals surface area contributed by atoms with Gasteiger partial charge in [0, 0.05) is 0 Å². The second-order valence-electron chi connectivity index (χ2n) is 8.44. The zero-order valence-electron chi connectivity index (χ0n) is 20.0. The van der Waals surface area contributed by atoms with Crippen LogP contribution in [0.2, 0.25) is 5.02 Å². The molecule has 4 amide bonds. The monoisotopic (exact) mass is 530 g/mol. The zero-order chi connectivity index (χ0) is 26.8. The minimum atomic E-state index is -0.976. The Morgan fingerprint density at radius 3 is 2.50 bits per heavy atom. The number of anilines is 1. The summed E-state index contributed by atoms with van der Waals surface area (Å²) in [5.74, 6) is -1.86. The summed E-state index contributed by atoms with van der Waals surface area (Å²) in [5.41, 5.74) is 0.937. The van der Waals surface area contributed by atoms with Gasteiger partial charge in [0.2, 0.25) is 0 Å². The number of methoxy groups -OCH3 is 1. The van der Waals surface area contributed by atoms with Crippen LogP contribution in [0.5, 0.6) is 11.5 Å². The highest BCUT2D eigenvalue weighted by Crippen LogP contribution is 2.38. The number of fused-ring (bicyclic) bond motifs is 1. The lowest BCUT2D eigenvalue weighted by Crippen LogP contribution is -2.54. The van der Waals surface area contributed by atoms with Gasteiger partial charge in [-0.3, -0.25) is 14.9 Å². The number of rotatable bonds is 6. The van der Waals surface area contributed by atoms with Crippen LogP contribution < -0.4 is 19.7 Å². The molecule has 0 saturated carbocycles. The number of benzene rings is 4. The minimum Gasteiger partial charge on any atom is -0.493 e. The third-order valence-electron chi connectivity index (χ3n) is 5.93. The minimum absolute atomic E-state index is 0.0149. The Bertz CT molecular complexity index is 1630. The third kappa shape index (κ3) is 4.94. The Hall–Kier alpha value is -4.69. The molecular formula is C29H20ClFN2O5. The molecule has 1 aliphatic rings. The number of barbiturate groups is 1. The van der Waals surface area contributed by atoms with E-state index in [1.54, 1.807) is 6.07 Å². The molecule has 0 radical (unpaired) electrons. The van der Waals surface area contributed by atoms with Crippen molar-refractivity contribution >= 4 is 52.0 Å². The van der Waals surface area contributed by atoms with Crippen molar-refractivity contribution < 1.29 is 28.2 Å². The number of amides is 4. The average molecular weight is 531 g/mol. The quantitative estimate of drug-likeness (QED) is 0.248. The van der Waals surface area contributed by atoms with E-state index < -0.39 is 23.7 Å². The molecule has 0 spiro atoms. The van der Waals surface area contributed by atoms with Crippen LogP contribution >= 0.6 is 11.6 Å². The van der Waals surface area contributed by atoms with Gasteiger partial charge < -0.3 is 9.47 Å². The number of halogens is 2. The van der Waals surface area contributed by atoms with Gasteiger partial charge in [0.05, 0.1) is 17.8 Å². The van der Waals surface area contributed by atoms with Crippen molar-refractivity contribution in [3.05, 3.63) is 106 Å². The van der Waals surface area contributed by atoms with Gasteiger partial charge in [-0.2, -0.15) is 0 Å². The predicted molar refractivity (Wildman–Crippen MR) is 142 cm³/mol. The molecule has 0 aliphatic carbocycles. The molecule has 190 valence electrons. The molecule has 1 heterocycles. The Kier molecular flexibility index (Phi) is 6.81. The van der Waals surface area contributed by atoms with Gasteiger partial charge in [-0.15, -0.1) is 0 Å². The molecule has 1 fully saturated rings. The van der Waals surface area contributed by atoms with E-state index in [1.807, 2.05) is 42.5 Å². The Morgan fingerprint density at radius 2 is 1.74 bits per heavy atom. The van der Waals surface area contributed by atoms with E-state index in [2.05, 4.69) is 5.32 Å². The van der Waals surface area contributed by atoms with Crippen molar-refractivity contribution in [2.45, 2.75) is 6.61 Å². The molecule has 1 aliphatic heterocycles. The van der Waals surface area contributed by atoms with Crippen LogP contribution in [0.4, 0.5) is 14.9 Å². The van der Waals surface area contributed by atoms with Gasteiger partial charge in [-0.05, 0) is 64.4 Å². The lowest BCUT2D eigenvalue weighted by molar-refractivity contribution is -0.122. The summed E-state index contributed by atoms with van der Waals surface area (Å²) in [5, 5.41) is 4.49. The number of urea groups is 1. The number of nitrogens with one attached hydrogen (secondary N) is 1. The lowest BCUT2D eigenvalue weighted by atomic mass is 10.1. The second kappa shape index (κ2) is 10.4. The van der Waals surface area contributed by atoms with Crippen LogP contribution in [0.1, 0.15) is 11.1 Å². The van der Waals surface area contributed by atoms with Gasteiger partial charge in [0.15, 0.2) is 11.5 Å². The maximum Gasteiger partial charge on any atom is 0.335 e. The first-order valence-electron chi connectivity index (χ1n) is 11.5. The maximum absolute atomic E-state index is 13.7. The number of hydrogen-bond donors (Lipinski definition) is 1. The van der Waals surface area contributed by atoms with E-state index in [9.17, 15) is 18.8 Å². The largest absolute Gasteiger partial charge is 0.493 e. The van der Waals surface area contributed by atoms with Crippen LogP contribution in [0, 0.1) is 5.82 Å². The summed E-state index contributed by atoms with van der Waals surface area (Å²) in [6, 6.07) is 21.0. The Balaban J connectivity index is 1.42. The fourth-order valence-corrected chi connectivity index (χ4v) is 4.39. The van der Waals surface area contributed by atoms with E-state index in [0.29, 0.717) is 16.2 Å². The Labute approximate surface area is 222 Å². The van der Waals surface area contributed by atoms with Crippen molar-refractivity contribution in [3.8, 4) is 11.5 Å². The van der Waals surface area contributed by atoms with Gasteiger partial charge >= 0.3 is 6.03 Å². The first kappa shape index (κ1) is 25.0. The molecule has 4 aromatic carbocycles. The molecule has 9 heteroatoms. The van der Waals surface area contributed by atoms with E-state index in [-0.39, 0.29) is 28.6 Å². The van der Waals surface area contributed by atoms with Gasteiger partial charge in [0.1, 0.15) is 18.0 Å². The van der Waals surface area contributed by atoms with Crippen molar-refractivity contribution in [1.82, 2.24) is 5.32 Å². The second-order valence-corrected chi connectivity index (χ2v) is 8.85. The predicted octanol–water partition coefficient (Wildman–Crippen LogP) is 5.89. The summed E-state index contributed by atoms with van der Waals surface area (Å²) in [6.07, 6.45) is 1.28. The molecule has 0 bridgehead atoms. The fraction of sp³-hybridized carbons (Fsp3) is 0.0690. The molecule has 4 aromatic rings. The highest BCUT2D eigenvalue weighted by molar-refractivity contribution is 6.39. The molecule has 5 rings (SSSR count). The molecule has 38 heavy (non-hydrogen) atoms.